The third-order valence-electron chi connectivity index (χ3n) is 3.06. The lowest BCUT2D eigenvalue weighted by atomic mass is 9.77. The minimum absolute atomic E-state index is 0.116. The molecule has 0 spiro atoms. The molecule has 1 unspecified atom stereocenters. The van der Waals surface area contributed by atoms with Gasteiger partial charge in [-0.25, -0.2) is 0 Å². The third kappa shape index (κ3) is 1.77. The number of aromatic nitrogens is 2. The van der Waals surface area contributed by atoms with Crippen molar-refractivity contribution in [3.63, 3.8) is 0 Å². The number of hydrogen-bond donors (Lipinski definition) is 1. The van der Waals surface area contributed by atoms with Crippen molar-refractivity contribution in [3.05, 3.63) is 11.7 Å². The number of rotatable bonds is 4. The van der Waals surface area contributed by atoms with Gasteiger partial charge in [-0.05, 0) is 25.7 Å². The molecule has 1 saturated carbocycles. The molecule has 15 heavy (non-hydrogen) atoms. The van der Waals surface area contributed by atoms with Crippen molar-refractivity contribution >= 4 is 0 Å². The molecule has 0 aromatic carbocycles. The van der Waals surface area contributed by atoms with Crippen LogP contribution in [0, 0.1) is 0 Å². The molecule has 1 atom stereocenters. The molecule has 1 aliphatic rings. The van der Waals surface area contributed by atoms with E-state index in [-0.39, 0.29) is 11.6 Å². The molecule has 84 valence electrons. The molecular formula is C10H17N3O2. The Labute approximate surface area is 89.0 Å². The molecule has 2 rings (SSSR count). The van der Waals surface area contributed by atoms with E-state index in [1.807, 2.05) is 6.92 Å². The Bertz CT molecular complexity index is 329. The standard InChI is InChI=1S/C10H17N3O2/c1-3-7(14-2)8-12-9(13-15-8)10(11)5-4-6-10/h7H,3-6,11H2,1-2H3. The summed E-state index contributed by atoms with van der Waals surface area (Å²) in [7, 11) is 1.64. The van der Waals surface area contributed by atoms with E-state index in [1.54, 1.807) is 7.11 Å². The van der Waals surface area contributed by atoms with E-state index in [1.165, 1.54) is 0 Å². The molecule has 1 aromatic rings. The van der Waals surface area contributed by atoms with Crippen LogP contribution in [0.2, 0.25) is 0 Å². The first-order valence-corrected chi connectivity index (χ1v) is 5.35. The maximum Gasteiger partial charge on any atom is 0.255 e. The van der Waals surface area contributed by atoms with Gasteiger partial charge in [-0.1, -0.05) is 12.1 Å². The van der Waals surface area contributed by atoms with Crippen LogP contribution in [-0.4, -0.2) is 17.3 Å². The van der Waals surface area contributed by atoms with Crippen molar-refractivity contribution < 1.29 is 9.26 Å². The molecule has 0 radical (unpaired) electrons. The van der Waals surface area contributed by atoms with E-state index in [9.17, 15) is 0 Å². The Kier molecular flexibility index (Phi) is 2.75. The van der Waals surface area contributed by atoms with Gasteiger partial charge in [0.05, 0.1) is 5.54 Å². The highest BCUT2D eigenvalue weighted by Gasteiger charge is 2.39. The molecule has 0 bridgehead atoms. The molecular weight excluding hydrogens is 194 g/mol. The lowest BCUT2D eigenvalue weighted by Gasteiger charge is -2.34. The van der Waals surface area contributed by atoms with Crippen molar-refractivity contribution in [2.24, 2.45) is 5.73 Å². The second kappa shape index (κ2) is 3.90. The van der Waals surface area contributed by atoms with Gasteiger partial charge in [0.25, 0.3) is 5.89 Å². The zero-order valence-corrected chi connectivity index (χ0v) is 9.19. The molecule has 0 amide bonds. The quantitative estimate of drug-likeness (QED) is 0.817. The van der Waals surface area contributed by atoms with Gasteiger partial charge in [0, 0.05) is 7.11 Å². The summed E-state index contributed by atoms with van der Waals surface area (Å²) in [6.07, 6.45) is 3.72. The van der Waals surface area contributed by atoms with E-state index in [4.69, 9.17) is 15.0 Å². The van der Waals surface area contributed by atoms with Gasteiger partial charge in [0.15, 0.2) is 5.82 Å². The normalized spacial score (nSPS) is 21.0. The second-order valence-electron chi connectivity index (χ2n) is 4.10. The monoisotopic (exact) mass is 211 g/mol. The molecule has 2 N–H and O–H groups in total. The van der Waals surface area contributed by atoms with Crippen LogP contribution in [0.15, 0.2) is 4.52 Å². The summed E-state index contributed by atoms with van der Waals surface area (Å²) >= 11 is 0. The highest BCUT2D eigenvalue weighted by Crippen LogP contribution is 2.37. The van der Waals surface area contributed by atoms with Crippen LogP contribution in [0.25, 0.3) is 0 Å². The van der Waals surface area contributed by atoms with E-state index in [0.717, 1.165) is 25.7 Å². The third-order valence-corrected chi connectivity index (χ3v) is 3.06. The Morgan fingerprint density at radius 3 is 2.80 bits per heavy atom. The van der Waals surface area contributed by atoms with Crippen molar-refractivity contribution in [1.82, 2.24) is 10.1 Å². The predicted octanol–water partition coefficient (Wildman–Crippen LogP) is 1.51. The first-order valence-electron chi connectivity index (χ1n) is 5.35. The first kappa shape index (κ1) is 10.6. The summed E-state index contributed by atoms with van der Waals surface area (Å²) in [5, 5.41) is 3.94. The smallest absolute Gasteiger partial charge is 0.255 e. The summed E-state index contributed by atoms with van der Waals surface area (Å²) in [5.74, 6) is 1.16. The highest BCUT2D eigenvalue weighted by molar-refractivity contribution is 5.09. The molecule has 5 heteroatoms. The highest BCUT2D eigenvalue weighted by atomic mass is 16.5. The van der Waals surface area contributed by atoms with E-state index in [2.05, 4.69) is 10.1 Å². The van der Waals surface area contributed by atoms with Crippen LogP contribution in [0.4, 0.5) is 0 Å². The molecule has 0 saturated heterocycles. The van der Waals surface area contributed by atoms with Crippen LogP contribution in [-0.2, 0) is 10.3 Å². The van der Waals surface area contributed by atoms with Crippen molar-refractivity contribution in [3.8, 4) is 0 Å². The van der Waals surface area contributed by atoms with Crippen LogP contribution < -0.4 is 5.73 Å². The van der Waals surface area contributed by atoms with Gasteiger partial charge in [-0.15, -0.1) is 0 Å². The largest absolute Gasteiger partial charge is 0.372 e. The number of methoxy groups -OCH3 is 1. The average molecular weight is 211 g/mol. The van der Waals surface area contributed by atoms with Gasteiger partial charge >= 0.3 is 0 Å². The van der Waals surface area contributed by atoms with Crippen LogP contribution in [0.3, 0.4) is 0 Å². The fourth-order valence-electron chi connectivity index (χ4n) is 1.79. The zero-order valence-electron chi connectivity index (χ0n) is 9.19. The molecule has 1 aliphatic carbocycles. The first-order chi connectivity index (χ1) is 7.19. The predicted molar refractivity (Wildman–Crippen MR) is 54.1 cm³/mol. The fraction of sp³-hybridized carbons (Fsp3) is 0.800. The number of hydrogen-bond acceptors (Lipinski definition) is 5. The Hall–Kier alpha value is -0.940. The van der Waals surface area contributed by atoms with Crippen LogP contribution >= 0.6 is 0 Å². The fourth-order valence-corrected chi connectivity index (χ4v) is 1.79. The second-order valence-corrected chi connectivity index (χ2v) is 4.10. The number of ether oxygens (including phenoxy) is 1. The number of nitrogens with two attached hydrogens (primary N) is 1. The van der Waals surface area contributed by atoms with Gasteiger partial charge in [-0.2, -0.15) is 4.98 Å². The van der Waals surface area contributed by atoms with Gasteiger partial charge in [0.1, 0.15) is 6.10 Å². The van der Waals surface area contributed by atoms with Gasteiger partial charge in [-0.3, -0.25) is 0 Å². The zero-order chi connectivity index (χ0) is 10.9. The number of nitrogens with zero attached hydrogens (tertiary/aromatic N) is 2. The summed E-state index contributed by atoms with van der Waals surface area (Å²) in [5.41, 5.74) is 5.74. The topological polar surface area (TPSA) is 74.2 Å². The lowest BCUT2D eigenvalue weighted by molar-refractivity contribution is 0.0706. The minimum atomic E-state index is -0.353. The van der Waals surface area contributed by atoms with E-state index in [0.29, 0.717) is 11.7 Å². The molecule has 5 nitrogen and oxygen atoms in total. The lowest BCUT2D eigenvalue weighted by Crippen LogP contribution is -2.44. The van der Waals surface area contributed by atoms with Crippen LogP contribution in [0.5, 0.6) is 0 Å². The maximum absolute atomic E-state index is 6.09. The van der Waals surface area contributed by atoms with Crippen molar-refractivity contribution in [2.45, 2.75) is 44.2 Å². The van der Waals surface area contributed by atoms with Gasteiger partial charge < -0.3 is 15.0 Å². The molecule has 1 fully saturated rings. The van der Waals surface area contributed by atoms with E-state index >= 15 is 0 Å². The molecule has 1 heterocycles. The molecule has 1 aromatic heterocycles. The Morgan fingerprint density at radius 1 is 1.60 bits per heavy atom. The minimum Gasteiger partial charge on any atom is -0.372 e. The van der Waals surface area contributed by atoms with E-state index < -0.39 is 0 Å². The summed E-state index contributed by atoms with van der Waals surface area (Å²) in [6, 6.07) is 0. The Morgan fingerprint density at radius 2 is 2.33 bits per heavy atom. The SMILES string of the molecule is CCC(OC)c1nc(C2(N)CCC2)no1. The van der Waals surface area contributed by atoms with Gasteiger partial charge in [0.2, 0.25) is 0 Å². The maximum atomic E-state index is 6.09. The van der Waals surface area contributed by atoms with Crippen LogP contribution in [0.1, 0.15) is 50.4 Å². The van der Waals surface area contributed by atoms with Crippen molar-refractivity contribution in [1.29, 1.82) is 0 Å². The summed E-state index contributed by atoms with van der Waals surface area (Å²) < 4.78 is 10.4. The Balaban J connectivity index is 2.16. The summed E-state index contributed by atoms with van der Waals surface area (Å²) in [4.78, 5) is 4.32. The summed E-state index contributed by atoms with van der Waals surface area (Å²) in [6.45, 7) is 2.01. The van der Waals surface area contributed by atoms with Crippen molar-refractivity contribution in [2.75, 3.05) is 7.11 Å². The average Bonchev–Trinajstić information content (AvgIpc) is 2.66. The molecule has 0 aliphatic heterocycles.